The summed E-state index contributed by atoms with van der Waals surface area (Å²) in [5.41, 5.74) is 12.8. The molecular formula is C23H17BN6O2. The van der Waals surface area contributed by atoms with Crippen LogP contribution in [-0.4, -0.2) is 43.5 Å². The van der Waals surface area contributed by atoms with Gasteiger partial charge in [0.1, 0.15) is 13.7 Å². The summed E-state index contributed by atoms with van der Waals surface area (Å²) < 4.78 is 1.61. The van der Waals surface area contributed by atoms with E-state index in [0.29, 0.717) is 17.2 Å². The molecule has 154 valence electrons. The van der Waals surface area contributed by atoms with Gasteiger partial charge >= 0.3 is 5.97 Å². The molecule has 0 amide bonds. The number of fused-ring (bicyclic) bond motifs is 1. The van der Waals surface area contributed by atoms with Gasteiger partial charge in [0.25, 0.3) is 0 Å². The first-order valence-corrected chi connectivity index (χ1v) is 9.87. The average molecular weight is 420 g/mol. The minimum Gasteiger partial charge on any atom is -0.478 e. The summed E-state index contributed by atoms with van der Waals surface area (Å²) in [5.74, 6) is -0.505. The van der Waals surface area contributed by atoms with E-state index in [1.165, 1.54) is 0 Å². The Bertz CT molecular complexity index is 1450. The Labute approximate surface area is 183 Å². The van der Waals surface area contributed by atoms with Crippen LogP contribution in [0.4, 0.5) is 5.82 Å². The molecule has 0 bridgehead atoms. The molecule has 0 saturated carbocycles. The number of hydrogen-bond donors (Lipinski definition) is 2. The molecule has 0 unspecified atom stereocenters. The van der Waals surface area contributed by atoms with Crippen molar-refractivity contribution in [3.63, 3.8) is 0 Å². The first-order valence-electron chi connectivity index (χ1n) is 9.87. The number of anilines is 1. The number of hydrogen-bond acceptors (Lipinski definition) is 6. The average Bonchev–Trinajstić information content (AvgIpc) is 3.26. The Morgan fingerprint density at radius 3 is 2.41 bits per heavy atom. The van der Waals surface area contributed by atoms with Crippen molar-refractivity contribution in [3.05, 3.63) is 78.9 Å². The summed E-state index contributed by atoms with van der Waals surface area (Å²) in [6.45, 7) is 0. The predicted molar refractivity (Wildman–Crippen MR) is 124 cm³/mol. The summed E-state index contributed by atoms with van der Waals surface area (Å²) in [6, 6.07) is 14.3. The smallest absolute Gasteiger partial charge is 0.335 e. The van der Waals surface area contributed by atoms with E-state index >= 15 is 0 Å². The highest BCUT2D eigenvalue weighted by Gasteiger charge is 2.17. The van der Waals surface area contributed by atoms with Crippen LogP contribution in [0, 0.1) is 0 Å². The van der Waals surface area contributed by atoms with Crippen molar-refractivity contribution in [2.24, 2.45) is 0 Å². The van der Waals surface area contributed by atoms with Crippen molar-refractivity contribution in [1.82, 2.24) is 24.6 Å². The molecule has 0 atom stereocenters. The van der Waals surface area contributed by atoms with Crippen molar-refractivity contribution in [2.45, 2.75) is 0 Å². The van der Waals surface area contributed by atoms with E-state index in [1.54, 1.807) is 53.6 Å². The Kier molecular flexibility index (Phi) is 4.63. The van der Waals surface area contributed by atoms with Crippen LogP contribution in [0.5, 0.6) is 0 Å². The zero-order valence-corrected chi connectivity index (χ0v) is 17.1. The minimum atomic E-state index is -0.975. The number of rotatable bonds is 4. The SMILES string of the molecule is Bc1c(-c2ccc(C(=O)O)cc2)nc2c(-c3ccc(-c4cccnc4)nc3)cnn2c1N. The molecule has 0 aliphatic heterocycles. The number of nitrogens with two attached hydrogens (primary N) is 1. The quantitative estimate of drug-likeness (QED) is 0.427. The van der Waals surface area contributed by atoms with Crippen molar-refractivity contribution in [1.29, 1.82) is 0 Å². The van der Waals surface area contributed by atoms with E-state index in [0.717, 1.165) is 33.4 Å². The van der Waals surface area contributed by atoms with Crippen LogP contribution in [0.2, 0.25) is 0 Å². The monoisotopic (exact) mass is 420 g/mol. The Hall–Kier alpha value is -4.53. The lowest BCUT2D eigenvalue weighted by molar-refractivity contribution is 0.0697. The van der Waals surface area contributed by atoms with Crippen LogP contribution in [0.25, 0.3) is 39.3 Å². The fourth-order valence-electron chi connectivity index (χ4n) is 3.59. The number of nitrogen functional groups attached to an aromatic ring is 1. The number of carboxylic acids is 1. The second-order valence-electron chi connectivity index (χ2n) is 7.32. The molecule has 1 aromatic carbocycles. The standard InChI is InChI=1S/C23H17BN6O2/c24-19-20(13-3-5-14(6-4-13)23(31)32)29-22-17(12-28-30(22)21(19)25)15-7-8-18(27-11-15)16-2-1-9-26-10-16/h1-12H,24-25H2,(H,31,32). The lowest BCUT2D eigenvalue weighted by Gasteiger charge is -2.11. The van der Waals surface area contributed by atoms with Gasteiger partial charge in [0.2, 0.25) is 0 Å². The number of aromatic nitrogens is 5. The lowest BCUT2D eigenvalue weighted by atomic mass is 9.91. The molecule has 0 spiro atoms. The maximum atomic E-state index is 11.2. The van der Waals surface area contributed by atoms with Gasteiger partial charge in [-0.1, -0.05) is 18.2 Å². The first kappa shape index (κ1) is 19.4. The highest BCUT2D eigenvalue weighted by molar-refractivity contribution is 6.38. The third kappa shape index (κ3) is 3.25. The Balaban J connectivity index is 1.60. The number of carboxylic acid groups (broad SMARTS) is 1. The van der Waals surface area contributed by atoms with Crippen LogP contribution in [0.3, 0.4) is 0 Å². The Morgan fingerprint density at radius 1 is 0.969 bits per heavy atom. The molecule has 8 nitrogen and oxygen atoms in total. The fraction of sp³-hybridized carbons (Fsp3) is 0. The van der Waals surface area contributed by atoms with Crippen molar-refractivity contribution in [2.75, 3.05) is 5.73 Å². The summed E-state index contributed by atoms with van der Waals surface area (Å²) in [7, 11) is 1.87. The van der Waals surface area contributed by atoms with Crippen molar-refractivity contribution in [3.8, 4) is 33.6 Å². The van der Waals surface area contributed by atoms with E-state index in [4.69, 9.17) is 15.8 Å². The number of nitrogens with zero attached hydrogens (tertiary/aromatic N) is 5. The van der Waals surface area contributed by atoms with Gasteiger partial charge in [-0.05, 0) is 41.4 Å². The molecule has 0 radical (unpaired) electrons. The predicted octanol–water partition coefficient (Wildman–Crippen LogP) is 2.06. The van der Waals surface area contributed by atoms with E-state index < -0.39 is 5.97 Å². The van der Waals surface area contributed by atoms with Crippen LogP contribution in [0.15, 0.2) is 73.3 Å². The molecule has 0 saturated heterocycles. The molecule has 5 aromatic rings. The number of pyridine rings is 2. The largest absolute Gasteiger partial charge is 0.478 e. The van der Waals surface area contributed by atoms with Crippen LogP contribution < -0.4 is 11.2 Å². The third-order valence-electron chi connectivity index (χ3n) is 5.37. The van der Waals surface area contributed by atoms with Gasteiger partial charge in [-0.3, -0.25) is 9.97 Å². The van der Waals surface area contributed by atoms with Gasteiger partial charge in [-0.2, -0.15) is 9.61 Å². The zero-order chi connectivity index (χ0) is 22.2. The topological polar surface area (TPSA) is 119 Å². The molecule has 0 aliphatic rings. The van der Waals surface area contributed by atoms with Crippen LogP contribution in [-0.2, 0) is 0 Å². The second-order valence-corrected chi connectivity index (χ2v) is 7.32. The molecule has 4 aromatic heterocycles. The third-order valence-corrected chi connectivity index (χ3v) is 5.37. The fourth-order valence-corrected chi connectivity index (χ4v) is 3.59. The van der Waals surface area contributed by atoms with Gasteiger partial charge in [0.05, 0.1) is 23.1 Å². The summed E-state index contributed by atoms with van der Waals surface area (Å²) in [5, 5.41) is 13.6. The van der Waals surface area contributed by atoms with Gasteiger partial charge in [0.15, 0.2) is 5.65 Å². The number of carbonyl (C=O) groups is 1. The zero-order valence-electron chi connectivity index (χ0n) is 17.1. The van der Waals surface area contributed by atoms with Gasteiger partial charge in [0, 0.05) is 35.3 Å². The highest BCUT2D eigenvalue weighted by atomic mass is 16.4. The van der Waals surface area contributed by atoms with Crippen molar-refractivity contribution >= 4 is 30.7 Å². The van der Waals surface area contributed by atoms with E-state index in [-0.39, 0.29) is 5.56 Å². The molecule has 5 rings (SSSR count). The number of aromatic carboxylic acids is 1. The normalized spacial score (nSPS) is 11.0. The molecular weight excluding hydrogens is 403 g/mol. The maximum Gasteiger partial charge on any atom is 0.335 e. The summed E-state index contributed by atoms with van der Waals surface area (Å²) >= 11 is 0. The second kappa shape index (κ2) is 7.62. The van der Waals surface area contributed by atoms with E-state index in [2.05, 4.69) is 15.1 Å². The summed E-state index contributed by atoms with van der Waals surface area (Å²) in [4.78, 5) is 24.7. The molecule has 32 heavy (non-hydrogen) atoms. The summed E-state index contributed by atoms with van der Waals surface area (Å²) in [6.07, 6.45) is 6.99. The van der Waals surface area contributed by atoms with Gasteiger partial charge < -0.3 is 10.8 Å². The molecule has 3 N–H and O–H groups in total. The highest BCUT2D eigenvalue weighted by Crippen LogP contribution is 2.28. The lowest BCUT2D eigenvalue weighted by Crippen LogP contribution is -2.20. The van der Waals surface area contributed by atoms with Crippen LogP contribution >= 0.6 is 0 Å². The van der Waals surface area contributed by atoms with E-state index in [1.807, 2.05) is 32.1 Å². The molecule has 4 heterocycles. The van der Waals surface area contributed by atoms with Crippen LogP contribution in [0.1, 0.15) is 10.4 Å². The number of benzene rings is 1. The molecule has 0 fully saturated rings. The van der Waals surface area contributed by atoms with Crippen molar-refractivity contribution < 1.29 is 9.90 Å². The Morgan fingerprint density at radius 2 is 1.75 bits per heavy atom. The minimum absolute atomic E-state index is 0.213. The van der Waals surface area contributed by atoms with Gasteiger partial charge in [-0.15, -0.1) is 0 Å². The van der Waals surface area contributed by atoms with E-state index in [9.17, 15) is 4.79 Å². The maximum absolute atomic E-state index is 11.2. The first-order chi connectivity index (χ1) is 15.5. The molecule has 9 heteroatoms. The van der Waals surface area contributed by atoms with Gasteiger partial charge in [-0.25, -0.2) is 9.78 Å². The molecule has 0 aliphatic carbocycles.